The minimum atomic E-state index is -1.71. The molecule has 0 aromatic heterocycles. The molecule has 0 saturated heterocycles. The van der Waals surface area contributed by atoms with Crippen molar-refractivity contribution in [3.63, 3.8) is 0 Å². The highest BCUT2D eigenvalue weighted by atomic mass is 79.9. The van der Waals surface area contributed by atoms with E-state index >= 15 is 0 Å². The van der Waals surface area contributed by atoms with E-state index in [4.69, 9.17) is 14.2 Å². The van der Waals surface area contributed by atoms with E-state index in [1.54, 1.807) is 0 Å². The zero-order valence-corrected chi connectivity index (χ0v) is 29.8. The number of halogens is 1. The maximum Gasteiger partial charge on any atom is 0.287 e. The number of nitrogens with one attached hydrogen (secondary N) is 1. The second-order valence-corrected chi connectivity index (χ2v) is 17.7. The Morgan fingerprint density at radius 2 is 1.56 bits per heavy atom. The van der Waals surface area contributed by atoms with Crippen LogP contribution in [0.25, 0.3) is 0 Å². The monoisotopic (exact) mass is 652 g/mol. The van der Waals surface area contributed by atoms with Gasteiger partial charge in [-0.05, 0) is 108 Å². The van der Waals surface area contributed by atoms with Crippen molar-refractivity contribution in [2.45, 2.75) is 130 Å². The number of nitriles is 1. The first-order valence-corrected chi connectivity index (χ1v) is 17.1. The second-order valence-electron chi connectivity index (χ2n) is 14.8. The minimum absolute atomic E-state index is 0.0341. The van der Waals surface area contributed by atoms with Gasteiger partial charge >= 0.3 is 0 Å². The molecule has 41 heavy (non-hydrogen) atoms. The van der Waals surface area contributed by atoms with Crippen LogP contribution < -0.4 is 4.72 Å². The summed E-state index contributed by atoms with van der Waals surface area (Å²) in [7, 11) is 0. The van der Waals surface area contributed by atoms with Crippen molar-refractivity contribution in [3.05, 3.63) is 33.8 Å². The zero-order valence-electron chi connectivity index (χ0n) is 27.4. The van der Waals surface area contributed by atoms with Crippen LogP contribution in [-0.2, 0) is 37.5 Å². The van der Waals surface area contributed by atoms with E-state index in [1.165, 1.54) is 0 Å². The Balaban J connectivity index is 2.32. The molecule has 232 valence electrons. The number of ether oxygens (including phenoxy) is 3. The van der Waals surface area contributed by atoms with E-state index in [1.807, 2.05) is 40.7 Å². The van der Waals surface area contributed by atoms with Gasteiger partial charge in [-0.15, -0.1) is 4.72 Å². The standard InChI is InChI=1S/C33H53BrN2O4S/c1-13-38-32(21-35,39-14-2)33(36-41(37)29(8,9)10)26-17-25(34)16-15-24(26)20-31(33)18-22(3)27(23(4)19-31)40-30(11,12)28(5,6)7/h15-17,22-23,27,36H,13-14,18-20H2,1-12H3/t22-,23+,27?,31?,33-,41?/m0/s1. The molecule has 1 N–H and O–H groups in total. The van der Waals surface area contributed by atoms with E-state index in [0.29, 0.717) is 0 Å². The maximum atomic E-state index is 14.2. The maximum absolute atomic E-state index is 14.2. The van der Waals surface area contributed by atoms with Crippen molar-refractivity contribution in [1.29, 1.82) is 5.26 Å². The van der Waals surface area contributed by atoms with E-state index < -0.39 is 32.8 Å². The van der Waals surface area contributed by atoms with Crippen LogP contribution in [0, 0.1) is 34.0 Å². The van der Waals surface area contributed by atoms with E-state index in [2.05, 4.69) is 87.3 Å². The van der Waals surface area contributed by atoms with Crippen LogP contribution in [-0.4, -0.2) is 40.0 Å². The Morgan fingerprint density at radius 1 is 1.02 bits per heavy atom. The molecule has 6 nitrogen and oxygen atoms in total. The van der Waals surface area contributed by atoms with Gasteiger partial charge < -0.3 is 18.8 Å². The van der Waals surface area contributed by atoms with E-state index in [9.17, 15) is 9.81 Å². The molecular weight excluding hydrogens is 600 g/mol. The summed E-state index contributed by atoms with van der Waals surface area (Å²) in [5, 5.41) is 11.0. The van der Waals surface area contributed by atoms with Crippen LogP contribution in [0.4, 0.5) is 0 Å². The Kier molecular flexibility index (Phi) is 10.2. The number of hydrogen-bond donors (Lipinski definition) is 1. The molecule has 1 aromatic carbocycles. The number of nitrogens with zero attached hydrogens (tertiary/aromatic N) is 1. The molecule has 8 heteroatoms. The summed E-state index contributed by atoms with van der Waals surface area (Å²) in [5.41, 5.74) is -0.0512. The first-order valence-electron chi connectivity index (χ1n) is 15.1. The van der Waals surface area contributed by atoms with Crippen LogP contribution >= 0.6 is 15.9 Å². The lowest BCUT2D eigenvalue weighted by atomic mass is 9.54. The average molecular weight is 654 g/mol. The van der Waals surface area contributed by atoms with Gasteiger partial charge in [0.2, 0.25) is 0 Å². The Bertz CT molecular complexity index is 1100. The molecule has 0 amide bonds. The van der Waals surface area contributed by atoms with Crippen LogP contribution in [0.5, 0.6) is 0 Å². The van der Waals surface area contributed by atoms with Gasteiger partial charge in [-0.2, -0.15) is 5.26 Å². The molecule has 1 aromatic rings. The zero-order chi connectivity index (χ0) is 31.2. The second kappa shape index (κ2) is 12.0. The summed E-state index contributed by atoms with van der Waals surface area (Å²) in [6.45, 7) is 25.7. The van der Waals surface area contributed by atoms with Crippen LogP contribution in [0.2, 0.25) is 0 Å². The van der Waals surface area contributed by atoms with Crippen molar-refractivity contribution in [3.8, 4) is 6.07 Å². The number of hydrogen-bond acceptors (Lipinski definition) is 6. The highest BCUT2D eigenvalue weighted by Gasteiger charge is 2.74. The third kappa shape index (κ3) is 6.03. The minimum Gasteiger partial charge on any atom is -0.598 e. The molecule has 6 atom stereocenters. The van der Waals surface area contributed by atoms with Gasteiger partial charge in [-0.3, -0.25) is 0 Å². The highest BCUT2D eigenvalue weighted by Crippen LogP contribution is 2.65. The summed E-state index contributed by atoms with van der Waals surface area (Å²) < 4.78 is 37.9. The van der Waals surface area contributed by atoms with Gasteiger partial charge in [-0.1, -0.05) is 56.6 Å². The van der Waals surface area contributed by atoms with Crippen molar-refractivity contribution < 1.29 is 18.8 Å². The smallest absolute Gasteiger partial charge is 0.287 e. The van der Waals surface area contributed by atoms with Gasteiger partial charge in [-0.25, -0.2) is 0 Å². The fraction of sp³-hybridized carbons (Fsp3) is 0.788. The van der Waals surface area contributed by atoms with Crippen LogP contribution in [0.15, 0.2) is 22.7 Å². The molecule has 1 spiro atoms. The lowest BCUT2D eigenvalue weighted by Crippen LogP contribution is -2.72. The molecule has 0 heterocycles. The molecule has 0 aliphatic heterocycles. The summed E-state index contributed by atoms with van der Waals surface area (Å²) in [6.07, 6.45) is 2.27. The predicted octanol–water partition coefficient (Wildman–Crippen LogP) is 7.81. The van der Waals surface area contributed by atoms with E-state index in [0.717, 1.165) is 34.9 Å². The van der Waals surface area contributed by atoms with Crippen molar-refractivity contribution in [2.24, 2.45) is 22.7 Å². The van der Waals surface area contributed by atoms with Gasteiger partial charge in [0.1, 0.15) is 10.8 Å². The molecule has 3 unspecified atom stereocenters. The normalized spacial score (nSPS) is 29.8. The summed E-state index contributed by atoms with van der Waals surface area (Å²) in [4.78, 5) is 0. The van der Waals surface area contributed by atoms with Crippen molar-refractivity contribution >= 4 is 27.3 Å². The van der Waals surface area contributed by atoms with Gasteiger partial charge in [0.05, 0.1) is 11.7 Å². The summed E-state index contributed by atoms with van der Waals surface area (Å²) in [5.74, 6) is -1.37. The molecule has 0 radical (unpaired) electrons. The fourth-order valence-electron chi connectivity index (χ4n) is 7.01. The molecule has 1 saturated carbocycles. The molecule has 0 bridgehead atoms. The van der Waals surface area contributed by atoms with E-state index in [-0.39, 0.29) is 42.2 Å². The number of benzene rings is 1. The topological polar surface area (TPSA) is 86.6 Å². The lowest BCUT2D eigenvalue weighted by Gasteiger charge is -2.58. The van der Waals surface area contributed by atoms with Gasteiger partial charge in [0.25, 0.3) is 5.79 Å². The van der Waals surface area contributed by atoms with Gasteiger partial charge in [0, 0.05) is 34.5 Å². The lowest BCUT2D eigenvalue weighted by molar-refractivity contribution is -0.275. The Hall–Kier alpha value is -0.660. The quantitative estimate of drug-likeness (QED) is 0.216. The third-order valence-electron chi connectivity index (χ3n) is 9.72. The van der Waals surface area contributed by atoms with Crippen LogP contribution in [0.3, 0.4) is 0 Å². The number of fused-ring (bicyclic) bond motifs is 1. The molecule has 2 aliphatic rings. The molecule has 1 fully saturated rings. The number of rotatable bonds is 9. The predicted molar refractivity (Wildman–Crippen MR) is 171 cm³/mol. The Labute approximate surface area is 261 Å². The van der Waals surface area contributed by atoms with Gasteiger partial charge in [0.15, 0.2) is 5.54 Å². The summed E-state index contributed by atoms with van der Waals surface area (Å²) >= 11 is 2.17. The third-order valence-corrected chi connectivity index (χ3v) is 11.8. The highest BCUT2D eigenvalue weighted by molar-refractivity contribution is 9.10. The molecule has 2 aliphatic carbocycles. The largest absolute Gasteiger partial charge is 0.598 e. The van der Waals surface area contributed by atoms with Crippen molar-refractivity contribution in [2.75, 3.05) is 13.2 Å². The van der Waals surface area contributed by atoms with Crippen molar-refractivity contribution in [1.82, 2.24) is 4.72 Å². The SMILES string of the molecule is CCOC(C#N)(OCC)[C@]1(N[S+]([O-])C(C)(C)C)c2cc(Br)ccc2CC12C[C@@H](C)C(OC(C)(C)C(C)(C)C)[C@@H](C)C2. The Morgan fingerprint density at radius 3 is 2.00 bits per heavy atom. The summed E-state index contributed by atoms with van der Waals surface area (Å²) in [6, 6.07) is 8.75. The first-order chi connectivity index (χ1) is 18.8. The first kappa shape index (κ1) is 34.8. The molecule has 3 rings (SSSR count). The molecular formula is C33H53BrN2O4S. The van der Waals surface area contributed by atoms with Crippen LogP contribution in [0.1, 0.15) is 107 Å². The average Bonchev–Trinajstić information content (AvgIpc) is 3.08. The fourth-order valence-corrected chi connectivity index (χ4v) is 8.41.